The van der Waals surface area contributed by atoms with Gasteiger partial charge in [0.25, 0.3) is 0 Å². The van der Waals surface area contributed by atoms with Crippen molar-refractivity contribution in [2.45, 2.75) is 51.6 Å². The highest BCUT2D eigenvalue weighted by atomic mass is 32.1. The predicted octanol–water partition coefficient (Wildman–Crippen LogP) is 6.71. The third-order valence-corrected chi connectivity index (χ3v) is 10.4. The molecule has 0 spiro atoms. The average Bonchev–Trinajstić information content (AvgIpc) is 3.81. The zero-order chi connectivity index (χ0) is 31.9. The van der Waals surface area contributed by atoms with Gasteiger partial charge in [-0.25, -0.2) is 18.7 Å². The SMILES string of the molecule is CCc1nc2ccc(C3CCN(CC(=O)N4CCC(O)C4)CC3)cn2c1-c1ccc(-c2nc(-c3ccc(F)cc3)cs2)c(C)c1F. The van der Waals surface area contributed by atoms with Crippen LogP contribution < -0.4 is 0 Å². The smallest absolute Gasteiger partial charge is 0.236 e. The number of aryl methyl sites for hydroxylation is 1. The highest BCUT2D eigenvalue weighted by Crippen LogP contribution is 2.37. The van der Waals surface area contributed by atoms with Gasteiger partial charge in [-0.15, -0.1) is 11.3 Å². The minimum atomic E-state index is -0.401. The quantitative estimate of drug-likeness (QED) is 0.214. The van der Waals surface area contributed by atoms with Crippen LogP contribution >= 0.6 is 11.3 Å². The molecule has 46 heavy (non-hydrogen) atoms. The van der Waals surface area contributed by atoms with Gasteiger partial charge in [0.15, 0.2) is 0 Å². The first-order valence-corrected chi connectivity index (χ1v) is 16.9. The van der Waals surface area contributed by atoms with Crippen molar-refractivity contribution in [2.75, 3.05) is 32.7 Å². The second kappa shape index (κ2) is 12.7. The number of thiazole rings is 1. The fourth-order valence-corrected chi connectivity index (χ4v) is 7.73. The molecule has 1 amide bonds. The lowest BCUT2D eigenvalue weighted by Crippen LogP contribution is -2.42. The molecule has 2 aromatic carbocycles. The number of hydrogen-bond acceptors (Lipinski definition) is 6. The first kappa shape index (κ1) is 30.7. The van der Waals surface area contributed by atoms with E-state index in [-0.39, 0.29) is 17.5 Å². The van der Waals surface area contributed by atoms with Crippen molar-refractivity contribution in [2.24, 2.45) is 0 Å². The van der Waals surface area contributed by atoms with Crippen molar-refractivity contribution in [3.8, 4) is 33.1 Å². The van der Waals surface area contributed by atoms with Crippen molar-refractivity contribution in [3.63, 3.8) is 0 Å². The van der Waals surface area contributed by atoms with Crippen LogP contribution in [0.3, 0.4) is 0 Å². The maximum Gasteiger partial charge on any atom is 0.236 e. The second-order valence-corrected chi connectivity index (χ2v) is 13.3. The summed E-state index contributed by atoms with van der Waals surface area (Å²) in [6.07, 6.45) is 4.91. The number of aliphatic hydroxyl groups excluding tert-OH is 1. The van der Waals surface area contributed by atoms with Crippen molar-refractivity contribution in [1.29, 1.82) is 0 Å². The second-order valence-electron chi connectivity index (χ2n) is 12.4. The van der Waals surface area contributed by atoms with Crippen LogP contribution in [0.1, 0.15) is 48.9 Å². The molecule has 10 heteroatoms. The number of β-amino-alcohol motifs (C(OH)–C–C–N with tert-alkyl or cyclic N) is 1. The van der Waals surface area contributed by atoms with Crippen LogP contribution in [0.4, 0.5) is 8.78 Å². The van der Waals surface area contributed by atoms with E-state index in [4.69, 9.17) is 9.97 Å². The number of pyridine rings is 1. The van der Waals surface area contributed by atoms with Crippen molar-refractivity contribution in [1.82, 2.24) is 24.2 Å². The topological polar surface area (TPSA) is 74.0 Å². The van der Waals surface area contributed by atoms with Gasteiger partial charge >= 0.3 is 0 Å². The van der Waals surface area contributed by atoms with Gasteiger partial charge in [0.1, 0.15) is 22.3 Å². The maximum absolute atomic E-state index is 16.3. The van der Waals surface area contributed by atoms with Gasteiger partial charge in [-0.2, -0.15) is 0 Å². The Morgan fingerprint density at radius 3 is 2.46 bits per heavy atom. The third kappa shape index (κ3) is 5.85. The van der Waals surface area contributed by atoms with Gasteiger partial charge in [-0.05, 0) is 99.1 Å². The van der Waals surface area contributed by atoms with Crippen molar-refractivity contribution in [3.05, 3.63) is 88.6 Å². The van der Waals surface area contributed by atoms with Gasteiger partial charge in [-0.3, -0.25) is 14.1 Å². The largest absolute Gasteiger partial charge is 0.391 e. The number of hydrogen-bond donors (Lipinski definition) is 1. The van der Waals surface area contributed by atoms with Crippen LogP contribution in [0.25, 0.3) is 38.7 Å². The van der Waals surface area contributed by atoms with E-state index in [1.807, 2.05) is 34.9 Å². The number of aliphatic hydroxyl groups is 1. The highest BCUT2D eigenvalue weighted by Gasteiger charge is 2.28. The van der Waals surface area contributed by atoms with Crippen LogP contribution in [-0.4, -0.2) is 74.0 Å². The van der Waals surface area contributed by atoms with Gasteiger partial charge in [0.2, 0.25) is 5.91 Å². The minimum absolute atomic E-state index is 0.0955. The Bertz CT molecular complexity index is 1890. The number of benzene rings is 2. The zero-order valence-corrected chi connectivity index (χ0v) is 26.9. The van der Waals surface area contributed by atoms with Crippen LogP contribution in [0.15, 0.2) is 60.1 Å². The molecule has 1 atom stereocenters. The maximum atomic E-state index is 16.3. The summed E-state index contributed by atoms with van der Waals surface area (Å²) in [5, 5.41) is 12.4. The lowest BCUT2D eigenvalue weighted by molar-refractivity contribution is -0.132. The summed E-state index contributed by atoms with van der Waals surface area (Å²) in [6.45, 7) is 6.96. The van der Waals surface area contributed by atoms with Gasteiger partial charge in [-0.1, -0.05) is 19.1 Å². The van der Waals surface area contributed by atoms with Crippen LogP contribution in [-0.2, 0) is 11.2 Å². The van der Waals surface area contributed by atoms with E-state index in [0.29, 0.717) is 54.5 Å². The van der Waals surface area contributed by atoms with Crippen LogP contribution in [0, 0.1) is 18.6 Å². The predicted molar refractivity (Wildman–Crippen MR) is 177 cm³/mol. The molecule has 7 rings (SSSR count). The molecule has 2 aliphatic rings. The summed E-state index contributed by atoms with van der Waals surface area (Å²) in [6, 6.07) is 14.1. The van der Waals surface area contributed by atoms with E-state index in [9.17, 15) is 14.3 Å². The number of carbonyl (C=O) groups excluding carboxylic acids is 1. The van der Waals surface area contributed by atoms with E-state index in [0.717, 1.165) is 59.8 Å². The Hall–Kier alpha value is -3.99. The number of carbonyl (C=O) groups is 1. The zero-order valence-electron chi connectivity index (χ0n) is 26.0. The Labute approximate surface area is 271 Å². The number of likely N-dealkylation sites (tertiary alicyclic amines) is 2. The van der Waals surface area contributed by atoms with E-state index in [1.54, 1.807) is 24.0 Å². The summed E-state index contributed by atoms with van der Waals surface area (Å²) in [5.41, 5.74) is 6.91. The fraction of sp³-hybridized carbons (Fsp3) is 0.361. The van der Waals surface area contributed by atoms with E-state index in [2.05, 4.69) is 17.2 Å². The number of amides is 1. The molecule has 0 saturated carbocycles. The molecule has 1 unspecified atom stereocenters. The molecule has 3 aromatic heterocycles. The third-order valence-electron chi connectivity index (χ3n) is 9.50. The molecule has 238 valence electrons. The molecule has 7 nitrogen and oxygen atoms in total. The summed E-state index contributed by atoms with van der Waals surface area (Å²) in [5.74, 6) is -0.161. The fourth-order valence-electron chi connectivity index (χ4n) is 6.82. The molecule has 1 N–H and O–H groups in total. The molecule has 5 heterocycles. The van der Waals surface area contributed by atoms with Crippen LogP contribution in [0.5, 0.6) is 0 Å². The molecule has 2 saturated heterocycles. The first-order valence-electron chi connectivity index (χ1n) is 16.0. The van der Waals surface area contributed by atoms with Crippen molar-refractivity contribution < 1.29 is 18.7 Å². The summed E-state index contributed by atoms with van der Waals surface area (Å²) >= 11 is 1.44. The number of fused-ring (bicyclic) bond motifs is 1. The minimum Gasteiger partial charge on any atom is -0.391 e. The Kier molecular flexibility index (Phi) is 8.44. The lowest BCUT2D eigenvalue weighted by atomic mass is 9.90. The monoisotopic (exact) mass is 641 g/mol. The molecule has 2 fully saturated rings. The molecular formula is C36H37F2N5O2S. The average molecular weight is 642 g/mol. The summed E-state index contributed by atoms with van der Waals surface area (Å²) in [7, 11) is 0. The molecular weight excluding hydrogens is 604 g/mol. The molecule has 0 radical (unpaired) electrons. The van der Waals surface area contributed by atoms with Crippen LogP contribution in [0.2, 0.25) is 0 Å². The highest BCUT2D eigenvalue weighted by molar-refractivity contribution is 7.13. The van der Waals surface area contributed by atoms with E-state index in [1.165, 1.54) is 29.0 Å². The number of halogens is 2. The molecule has 0 aliphatic carbocycles. The number of piperidine rings is 1. The van der Waals surface area contributed by atoms with Crippen molar-refractivity contribution >= 4 is 22.9 Å². The van der Waals surface area contributed by atoms with E-state index < -0.39 is 6.10 Å². The number of imidazole rings is 1. The Morgan fingerprint density at radius 1 is 0.978 bits per heavy atom. The molecule has 0 bridgehead atoms. The number of nitrogens with zero attached hydrogens (tertiary/aromatic N) is 5. The molecule has 2 aliphatic heterocycles. The Balaban J connectivity index is 1.13. The summed E-state index contributed by atoms with van der Waals surface area (Å²) in [4.78, 5) is 26.3. The number of rotatable bonds is 7. The number of aromatic nitrogens is 3. The lowest BCUT2D eigenvalue weighted by Gasteiger charge is -2.32. The first-order chi connectivity index (χ1) is 22.3. The Morgan fingerprint density at radius 2 is 1.74 bits per heavy atom. The standard InChI is InChI=1S/C36H37F2N5O2S/c1-3-30-35(29-10-9-28(22(2)34(29)38)36-40-31(21-46-36)24-4-7-26(37)8-5-24)43-18-25(6-11-32(43)39-30)23-12-15-41(16-13-23)20-33(45)42-17-14-27(44)19-42/h4-11,18,21,23,27,44H,3,12-17,19-20H2,1-2H3. The molecule has 5 aromatic rings. The normalized spacial score (nSPS) is 17.8. The van der Waals surface area contributed by atoms with Gasteiger partial charge < -0.3 is 10.0 Å². The van der Waals surface area contributed by atoms with Gasteiger partial charge in [0.05, 0.1) is 29.7 Å². The van der Waals surface area contributed by atoms with E-state index >= 15 is 4.39 Å². The van der Waals surface area contributed by atoms with Gasteiger partial charge in [0, 0.05) is 41.4 Å². The summed E-state index contributed by atoms with van der Waals surface area (Å²) < 4.78 is 31.8.